The molecule has 156 valence electrons. The molecule has 0 heterocycles. The van der Waals surface area contributed by atoms with Gasteiger partial charge in [-0.25, -0.2) is 13.2 Å². The molecule has 29 heavy (non-hydrogen) atoms. The lowest BCUT2D eigenvalue weighted by molar-refractivity contribution is -0.114. The van der Waals surface area contributed by atoms with E-state index in [9.17, 15) is 18.0 Å². The van der Waals surface area contributed by atoms with Gasteiger partial charge in [-0.2, -0.15) is 0 Å². The maximum atomic E-state index is 12.4. The third-order valence-electron chi connectivity index (χ3n) is 3.63. The van der Waals surface area contributed by atoms with Crippen molar-refractivity contribution < 1.29 is 22.7 Å². The smallest absolute Gasteiger partial charge is 0.338 e. The van der Waals surface area contributed by atoms with Crippen molar-refractivity contribution in [3.63, 3.8) is 0 Å². The number of hydrogen-bond acceptors (Lipinski definition) is 5. The average Bonchev–Trinajstić information content (AvgIpc) is 2.63. The molecular formula is C18H17Cl3N2O5S. The monoisotopic (exact) mass is 478 g/mol. The molecule has 0 aromatic heterocycles. The van der Waals surface area contributed by atoms with Crippen LogP contribution >= 0.6 is 34.8 Å². The number of anilines is 2. The van der Waals surface area contributed by atoms with Crippen LogP contribution in [0, 0.1) is 0 Å². The normalized spacial score (nSPS) is 11.1. The van der Waals surface area contributed by atoms with Crippen molar-refractivity contribution in [2.45, 2.75) is 6.92 Å². The third kappa shape index (κ3) is 6.24. The fraction of sp³-hybridized carbons (Fsp3) is 0.222. The number of carbonyl (C=O) groups excluding carboxylic acids is 2. The summed E-state index contributed by atoms with van der Waals surface area (Å²) in [5.41, 5.74) is 0.622. The second-order valence-electron chi connectivity index (χ2n) is 5.83. The van der Waals surface area contributed by atoms with Gasteiger partial charge >= 0.3 is 5.97 Å². The van der Waals surface area contributed by atoms with Crippen LogP contribution in [0.25, 0.3) is 0 Å². The van der Waals surface area contributed by atoms with Crippen LogP contribution in [0.4, 0.5) is 11.4 Å². The highest BCUT2D eigenvalue weighted by Gasteiger charge is 2.22. The molecule has 0 saturated heterocycles. The van der Waals surface area contributed by atoms with Crippen molar-refractivity contribution >= 4 is 68.1 Å². The average molecular weight is 480 g/mol. The summed E-state index contributed by atoms with van der Waals surface area (Å²) in [5, 5.41) is 3.02. The maximum absolute atomic E-state index is 12.4. The molecule has 2 aromatic carbocycles. The topological polar surface area (TPSA) is 92.8 Å². The molecule has 7 nitrogen and oxygen atoms in total. The molecule has 2 aromatic rings. The number of halogens is 3. The Labute approximate surface area is 183 Å². The second kappa shape index (κ2) is 9.67. The Morgan fingerprint density at radius 3 is 2.28 bits per heavy atom. The van der Waals surface area contributed by atoms with E-state index in [0.29, 0.717) is 0 Å². The lowest BCUT2D eigenvalue weighted by Gasteiger charge is -2.22. The van der Waals surface area contributed by atoms with E-state index in [1.54, 1.807) is 6.92 Å². The van der Waals surface area contributed by atoms with E-state index in [2.05, 4.69) is 5.32 Å². The molecule has 0 aliphatic rings. The molecule has 0 unspecified atom stereocenters. The van der Waals surface area contributed by atoms with Gasteiger partial charge in [-0.3, -0.25) is 9.10 Å². The highest BCUT2D eigenvalue weighted by molar-refractivity contribution is 7.92. The van der Waals surface area contributed by atoms with Gasteiger partial charge in [0.1, 0.15) is 6.54 Å². The van der Waals surface area contributed by atoms with Crippen LogP contribution in [-0.4, -0.2) is 39.7 Å². The Balaban J connectivity index is 2.20. The number of ether oxygens (including phenoxy) is 1. The molecule has 0 saturated carbocycles. The second-order valence-corrected chi connectivity index (χ2v) is 8.96. The molecule has 2 rings (SSSR count). The Morgan fingerprint density at radius 1 is 1.03 bits per heavy atom. The van der Waals surface area contributed by atoms with Crippen LogP contribution in [0.5, 0.6) is 0 Å². The zero-order chi connectivity index (χ0) is 21.8. The first-order valence-electron chi connectivity index (χ1n) is 8.22. The van der Waals surface area contributed by atoms with Crippen molar-refractivity contribution in [2.24, 2.45) is 0 Å². The first-order valence-corrected chi connectivity index (χ1v) is 11.2. The molecule has 11 heteroatoms. The van der Waals surface area contributed by atoms with Crippen molar-refractivity contribution in [3.8, 4) is 0 Å². The number of sulfonamides is 1. The van der Waals surface area contributed by atoms with Gasteiger partial charge in [0.15, 0.2) is 0 Å². The van der Waals surface area contributed by atoms with Crippen LogP contribution in [0.2, 0.25) is 15.1 Å². The molecule has 1 N–H and O–H groups in total. The minimum atomic E-state index is -3.79. The van der Waals surface area contributed by atoms with E-state index >= 15 is 0 Å². The lowest BCUT2D eigenvalue weighted by Crippen LogP contribution is -2.37. The van der Waals surface area contributed by atoms with E-state index in [0.717, 1.165) is 10.6 Å². The summed E-state index contributed by atoms with van der Waals surface area (Å²) in [4.78, 5) is 24.2. The molecule has 0 spiro atoms. The van der Waals surface area contributed by atoms with Crippen molar-refractivity contribution in [2.75, 3.05) is 29.0 Å². The van der Waals surface area contributed by atoms with Gasteiger partial charge in [-0.1, -0.05) is 34.8 Å². The van der Waals surface area contributed by atoms with Gasteiger partial charge < -0.3 is 10.1 Å². The Morgan fingerprint density at radius 2 is 1.72 bits per heavy atom. The van der Waals surface area contributed by atoms with Crippen LogP contribution < -0.4 is 9.62 Å². The number of nitrogens with one attached hydrogen (secondary N) is 1. The van der Waals surface area contributed by atoms with Crippen LogP contribution in [0.15, 0.2) is 36.4 Å². The number of carbonyl (C=O) groups is 2. The fourth-order valence-electron chi connectivity index (χ4n) is 2.32. The van der Waals surface area contributed by atoms with Crippen LogP contribution in [0.3, 0.4) is 0 Å². The molecule has 1 amide bonds. The van der Waals surface area contributed by atoms with E-state index in [4.69, 9.17) is 39.5 Å². The summed E-state index contributed by atoms with van der Waals surface area (Å²) in [6.07, 6.45) is 0.962. The Bertz CT molecular complexity index is 1040. The number of nitrogens with zero attached hydrogens (tertiary/aromatic N) is 1. The third-order valence-corrected chi connectivity index (χ3v) is 5.83. The largest absolute Gasteiger partial charge is 0.462 e. The number of amides is 1. The van der Waals surface area contributed by atoms with Gasteiger partial charge in [0.2, 0.25) is 15.9 Å². The standard InChI is InChI=1S/C18H17Cl3N2O5S/c1-3-28-18(25)11-4-7-16(15(21)8-11)22-17(24)10-23(29(2,26)27)12-5-6-13(19)14(20)9-12/h4-9H,3,10H2,1-2H3,(H,22,24). The molecule has 0 fully saturated rings. The summed E-state index contributed by atoms with van der Waals surface area (Å²) >= 11 is 17.9. The summed E-state index contributed by atoms with van der Waals surface area (Å²) in [7, 11) is -3.79. The van der Waals surface area contributed by atoms with Gasteiger partial charge in [0.05, 0.1) is 44.9 Å². The minimum Gasteiger partial charge on any atom is -0.462 e. The highest BCUT2D eigenvalue weighted by Crippen LogP contribution is 2.29. The van der Waals surface area contributed by atoms with Gasteiger partial charge in [0.25, 0.3) is 0 Å². The molecule has 0 aliphatic carbocycles. The number of esters is 1. The molecular weight excluding hydrogens is 463 g/mol. The van der Waals surface area contributed by atoms with E-state index in [1.165, 1.54) is 36.4 Å². The summed E-state index contributed by atoms with van der Waals surface area (Å²) in [6.45, 7) is 1.37. The van der Waals surface area contributed by atoms with Gasteiger partial charge in [-0.05, 0) is 43.3 Å². The Kier molecular flexibility index (Phi) is 7.76. The highest BCUT2D eigenvalue weighted by atomic mass is 35.5. The zero-order valence-electron chi connectivity index (χ0n) is 15.4. The number of hydrogen-bond donors (Lipinski definition) is 1. The number of rotatable bonds is 7. The summed E-state index contributed by atoms with van der Waals surface area (Å²) < 4.78 is 30.1. The lowest BCUT2D eigenvalue weighted by atomic mass is 10.2. The SMILES string of the molecule is CCOC(=O)c1ccc(NC(=O)CN(c2ccc(Cl)c(Cl)c2)S(C)(=O)=O)c(Cl)c1. The quantitative estimate of drug-likeness (QED) is 0.600. The maximum Gasteiger partial charge on any atom is 0.338 e. The predicted molar refractivity (Wildman–Crippen MR) is 115 cm³/mol. The van der Waals surface area contributed by atoms with Gasteiger partial charge in [-0.15, -0.1) is 0 Å². The first kappa shape index (κ1) is 23.3. The van der Waals surface area contributed by atoms with Crippen LogP contribution in [0.1, 0.15) is 17.3 Å². The van der Waals surface area contributed by atoms with Crippen molar-refractivity contribution in [1.82, 2.24) is 0 Å². The van der Waals surface area contributed by atoms with Crippen molar-refractivity contribution in [3.05, 3.63) is 57.0 Å². The first-order chi connectivity index (χ1) is 13.5. The van der Waals surface area contributed by atoms with E-state index in [1.807, 2.05) is 0 Å². The molecule has 0 radical (unpaired) electrons. The molecule has 0 atom stereocenters. The summed E-state index contributed by atoms with van der Waals surface area (Å²) in [5.74, 6) is -1.19. The fourth-order valence-corrected chi connectivity index (χ4v) is 3.69. The zero-order valence-corrected chi connectivity index (χ0v) is 18.5. The summed E-state index contributed by atoms with van der Waals surface area (Å²) in [6, 6.07) is 8.43. The minimum absolute atomic E-state index is 0.101. The van der Waals surface area contributed by atoms with E-state index < -0.39 is 28.4 Å². The molecule has 0 bridgehead atoms. The van der Waals surface area contributed by atoms with E-state index in [-0.39, 0.29) is 38.6 Å². The van der Waals surface area contributed by atoms with Gasteiger partial charge in [0, 0.05) is 0 Å². The van der Waals surface area contributed by atoms with Crippen molar-refractivity contribution in [1.29, 1.82) is 0 Å². The van der Waals surface area contributed by atoms with Crippen LogP contribution in [-0.2, 0) is 19.6 Å². The number of benzene rings is 2. The molecule has 0 aliphatic heterocycles. The predicted octanol–water partition coefficient (Wildman–Crippen LogP) is 4.23. The Hall–Kier alpha value is -2.00.